The molecule has 0 aliphatic heterocycles. The molecule has 8 nitrogen and oxygen atoms in total. The zero-order valence-corrected chi connectivity index (χ0v) is 17.9. The van der Waals surface area contributed by atoms with Gasteiger partial charge in [-0.15, -0.1) is 0 Å². The molecule has 9 heteroatoms. The molecule has 2 rings (SSSR count). The number of rotatable bonds is 10. The predicted octanol–water partition coefficient (Wildman–Crippen LogP) is 1.97. The Bertz CT molecular complexity index is 970. The second kappa shape index (κ2) is 10.7. The molecule has 0 unspecified atom stereocenters. The molecule has 0 heterocycles. The molecule has 30 heavy (non-hydrogen) atoms. The first kappa shape index (κ1) is 23.4. The maximum Gasteiger partial charge on any atom is 0.251 e. The van der Waals surface area contributed by atoms with Crippen molar-refractivity contribution >= 4 is 21.8 Å². The summed E-state index contributed by atoms with van der Waals surface area (Å²) in [5, 5.41) is 14.8. The molecular weight excluding hydrogens is 406 g/mol. The predicted molar refractivity (Wildman–Crippen MR) is 114 cm³/mol. The Morgan fingerprint density at radius 1 is 0.900 bits per heavy atom. The van der Waals surface area contributed by atoms with E-state index in [-0.39, 0.29) is 22.5 Å². The number of nitrogens with zero attached hydrogens (tertiary/aromatic N) is 1. The van der Waals surface area contributed by atoms with Gasteiger partial charge >= 0.3 is 0 Å². The first-order chi connectivity index (χ1) is 14.3. The van der Waals surface area contributed by atoms with Crippen molar-refractivity contribution in [2.24, 2.45) is 0 Å². The van der Waals surface area contributed by atoms with Crippen LogP contribution in [0.4, 0.5) is 0 Å². The molecular formula is C21H27N3O5S. The number of hydrogen-bond acceptors (Lipinski definition) is 5. The maximum atomic E-state index is 12.5. The number of carbonyl (C=O) groups excluding carboxylic acids is 2. The van der Waals surface area contributed by atoms with Crippen LogP contribution in [0.1, 0.15) is 41.0 Å². The van der Waals surface area contributed by atoms with Crippen LogP contribution >= 0.6 is 0 Å². The molecule has 3 N–H and O–H groups in total. The maximum absolute atomic E-state index is 12.5. The summed E-state index contributed by atoms with van der Waals surface area (Å²) in [6.45, 7) is 5.00. The number of amides is 2. The van der Waals surface area contributed by atoms with Crippen LogP contribution in [0.5, 0.6) is 5.75 Å². The molecule has 0 aliphatic rings. The van der Waals surface area contributed by atoms with Crippen molar-refractivity contribution in [2.75, 3.05) is 26.2 Å². The first-order valence-electron chi connectivity index (χ1n) is 9.75. The minimum Gasteiger partial charge on any atom is -0.508 e. The van der Waals surface area contributed by atoms with Crippen LogP contribution < -0.4 is 10.6 Å². The highest BCUT2D eigenvalue weighted by Gasteiger charge is 2.21. The monoisotopic (exact) mass is 433 g/mol. The number of phenolic OH excluding ortho intramolecular Hbond substituents is 1. The van der Waals surface area contributed by atoms with Crippen molar-refractivity contribution < 1.29 is 23.1 Å². The molecule has 0 aromatic heterocycles. The van der Waals surface area contributed by atoms with Crippen LogP contribution in [-0.2, 0) is 10.0 Å². The number of sulfonamides is 1. The smallest absolute Gasteiger partial charge is 0.251 e. The van der Waals surface area contributed by atoms with Gasteiger partial charge < -0.3 is 15.7 Å². The van der Waals surface area contributed by atoms with Crippen LogP contribution in [0.15, 0.2) is 53.4 Å². The summed E-state index contributed by atoms with van der Waals surface area (Å²) < 4.78 is 26.3. The largest absolute Gasteiger partial charge is 0.508 e. The van der Waals surface area contributed by atoms with E-state index in [0.29, 0.717) is 43.7 Å². The van der Waals surface area contributed by atoms with Gasteiger partial charge in [0.15, 0.2) is 0 Å². The zero-order valence-electron chi connectivity index (χ0n) is 17.1. The van der Waals surface area contributed by atoms with Crippen LogP contribution in [-0.4, -0.2) is 55.8 Å². The van der Waals surface area contributed by atoms with E-state index >= 15 is 0 Å². The van der Waals surface area contributed by atoms with Crippen molar-refractivity contribution in [2.45, 2.75) is 25.2 Å². The van der Waals surface area contributed by atoms with E-state index in [1.54, 1.807) is 26.0 Å². The van der Waals surface area contributed by atoms with Gasteiger partial charge in [-0.25, -0.2) is 8.42 Å². The summed E-state index contributed by atoms with van der Waals surface area (Å²) in [4.78, 5) is 24.3. The van der Waals surface area contributed by atoms with Crippen LogP contribution in [0.25, 0.3) is 0 Å². The number of carbonyl (C=O) groups is 2. The summed E-state index contributed by atoms with van der Waals surface area (Å²) in [7, 11) is -3.56. The Morgan fingerprint density at radius 3 is 2.00 bits per heavy atom. The summed E-state index contributed by atoms with van der Waals surface area (Å²) in [6.07, 6.45) is 0.519. The lowest BCUT2D eigenvalue weighted by atomic mass is 10.2. The van der Waals surface area contributed by atoms with Gasteiger partial charge in [0.05, 0.1) is 4.90 Å². The van der Waals surface area contributed by atoms with Crippen LogP contribution in [0.2, 0.25) is 0 Å². The molecule has 0 aliphatic carbocycles. The molecule has 0 saturated heterocycles. The normalized spacial score (nSPS) is 11.3. The van der Waals surface area contributed by atoms with E-state index in [0.717, 1.165) is 0 Å². The van der Waals surface area contributed by atoms with Gasteiger partial charge in [0, 0.05) is 37.3 Å². The lowest BCUT2D eigenvalue weighted by molar-refractivity contribution is 0.0951. The van der Waals surface area contributed by atoms with E-state index < -0.39 is 10.0 Å². The Kier molecular flexibility index (Phi) is 8.37. The molecule has 0 bridgehead atoms. The second-order valence-corrected chi connectivity index (χ2v) is 8.47. The number of aromatic hydroxyl groups is 1. The lowest BCUT2D eigenvalue weighted by Gasteiger charge is -2.18. The highest BCUT2D eigenvalue weighted by atomic mass is 32.2. The molecule has 0 atom stereocenters. The van der Waals surface area contributed by atoms with E-state index in [1.165, 1.54) is 40.7 Å². The fraction of sp³-hybridized carbons (Fsp3) is 0.333. The topological polar surface area (TPSA) is 116 Å². The highest BCUT2D eigenvalue weighted by molar-refractivity contribution is 7.89. The van der Waals surface area contributed by atoms with Crippen LogP contribution in [0.3, 0.4) is 0 Å². The lowest BCUT2D eigenvalue weighted by Crippen LogP contribution is -2.31. The van der Waals surface area contributed by atoms with Gasteiger partial charge in [0.25, 0.3) is 11.8 Å². The van der Waals surface area contributed by atoms with Gasteiger partial charge in [-0.2, -0.15) is 4.31 Å². The minimum atomic E-state index is -3.56. The summed E-state index contributed by atoms with van der Waals surface area (Å²) in [5.74, 6) is -0.603. The summed E-state index contributed by atoms with van der Waals surface area (Å²) in [5.41, 5.74) is 0.719. The van der Waals surface area contributed by atoms with Gasteiger partial charge in [-0.05, 0) is 48.9 Å². The first-order valence-corrected chi connectivity index (χ1v) is 11.2. The Balaban J connectivity index is 1.80. The van der Waals surface area contributed by atoms with Gasteiger partial charge in [-0.1, -0.05) is 19.9 Å². The van der Waals surface area contributed by atoms with Gasteiger partial charge in [0.2, 0.25) is 10.0 Å². The molecule has 0 radical (unpaired) electrons. The third-order valence-electron chi connectivity index (χ3n) is 4.49. The number of nitrogens with one attached hydrogen (secondary N) is 2. The molecule has 0 fully saturated rings. The quantitative estimate of drug-likeness (QED) is 0.496. The van der Waals surface area contributed by atoms with Crippen molar-refractivity contribution in [3.05, 3.63) is 59.7 Å². The van der Waals surface area contributed by atoms with E-state index in [1.807, 2.05) is 0 Å². The fourth-order valence-corrected chi connectivity index (χ4v) is 4.29. The summed E-state index contributed by atoms with van der Waals surface area (Å²) in [6, 6.07) is 11.9. The van der Waals surface area contributed by atoms with Crippen LogP contribution in [0, 0.1) is 0 Å². The van der Waals surface area contributed by atoms with Crippen molar-refractivity contribution in [1.29, 1.82) is 0 Å². The Labute approximate surface area is 177 Å². The number of hydrogen-bond donors (Lipinski definition) is 3. The zero-order chi connectivity index (χ0) is 22.1. The SMILES string of the molecule is CCN(CC)S(=O)(=O)c1ccc(C(=O)NCCCNC(=O)c2cccc(O)c2)cc1. The third kappa shape index (κ3) is 6.04. The third-order valence-corrected chi connectivity index (χ3v) is 6.56. The van der Waals surface area contributed by atoms with Crippen molar-refractivity contribution in [3.8, 4) is 5.75 Å². The Hall–Kier alpha value is -2.91. The van der Waals surface area contributed by atoms with Crippen molar-refractivity contribution in [3.63, 3.8) is 0 Å². The molecule has 0 spiro atoms. The Morgan fingerprint density at radius 2 is 1.47 bits per heavy atom. The average Bonchev–Trinajstić information content (AvgIpc) is 2.74. The minimum absolute atomic E-state index is 0.0193. The van der Waals surface area contributed by atoms with E-state index in [9.17, 15) is 23.1 Å². The standard InChI is InChI=1S/C21H27N3O5S/c1-3-24(4-2)30(28,29)19-11-9-16(10-12-19)20(26)22-13-6-14-23-21(27)17-7-5-8-18(25)15-17/h5,7-12,15,25H,3-4,6,13-14H2,1-2H3,(H,22,26)(H,23,27). The number of benzene rings is 2. The average molecular weight is 434 g/mol. The second-order valence-electron chi connectivity index (χ2n) is 6.53. The molecule has 0 saturated carbocycles. The van der Waals surface area contributed by atoms with E-state index in [2.05, 4.69) is 10.6 Å². The number of phenols is 1. The fourth-order valence-electron chi connectivity index (χ4n) is 2.83. The highest BCUT2D eigenvalue weighted by Crippen LogP contribution is 2.16. The van der Waals surface area contributed by atoms with E-state index in [4.69, 9.17) is 0 Å². The summed E-state index contributed by atoms with van der Waals surface area (Å²) >= 11 is 0. The molecule has 2 aromatic rings. The van der Waals surface area contributed by atoms with Crippen molar-refractivity contribution in [1.82, 2.24) is 14.9 Å². The molecule has 2 amide bonds. The molecule has 2 aromatic carbocycles. The molecule has 162 valence electrons. The van der Waals surface area contributed by atoms with Gasteiger partial charge in [-0.3, -0.25) is 9.59 Å². The van der Waals surface area contributed by atoms with Gasteiger partial charge in [0.1, 0.15) is 5.75 Å².